The Balaban J connectivity index is 1.77. The predicted molar refractivity (Wildman–Crippen MR) is 151 cm³/mol. The van der Waals surface area contributed by atoms with Gasteiger partial charge in [0.25, 0.3) is 11.5 Å². The van der Waals surface area contributed by atoms with Crippen LogP contribution >= 0.6 is 0 Å². The summed E-state index contributed by atoms with van der Waals surface area (Å²) in [5, 5.41) is 2.60. The maximum atomic E-state index is 13.2. The van der Waals surface area contributed by atoms with E-state index in [0.717, 1.165) is 23.5 Å². The van der Waals surface area contributed by atoms with Crippen LogP contribution in [-0.4, -0.2) is 81.5 Å². The Morgan fingerprint density at radius 3 is 2.60 bits per heavy atom. The minimum absolute atomic E-state index is 0.0431. The molecule has 214 valence electrons. The van der Waals surface area contributed by atoms with E-state index in [1.54, 1.807) is 38.8 Å². The molecule has 0 bridgehead atoms. The number of rotatable bonds is 11. The van der Waals surface area contributed by atoms with E-state index in [0.29, 0.717) is 18.0 Å². The third-order valence-electron chi connectivity index (χ3n) is 5.94. The minimum atomic E-state index is -1.17. The fourth-order valence-corrected chi connectivity index (χ4v) is 3.85. The summed E-state index contributed by atoms with van der Waals surface area (Å²) in [5.74, 6) is -0.430. The van der Waals surface area contributed by atoms with E-state index >= 15 is 0 Å². The minimum Gasteiger partial charge on any atom is -0.436 e. The largest absolute Gasteiger partial charge is 0.436 e. The number of hydrogen-bond acceptors (Lipinski definition) is 7. The zero-order valence-corrected chi connectivity index (χ0v) is 23.8. The van der Waals surface area contributed by atoms with Crippen molar-refractivity contribution < 1.29 is 19.1 Å². The van der Waals surface area contributed by atoms with E-state index in [-0.39, 0.29) is 24.6 Å². The molecule has 40 heavy (non-hydrogen) atoms. The van der Waals surface area contributed by atoms with Gasteiger partial charge in [0.2, 0.25) is 5.91 Å². The predicted octanol–water partition coefficient (Wildman–Crippen LogP) is 2.75. The average Bonchev–Trinajstić information content (AvgIpc) is 3.31. The molecule has 3 amide bonds. The van der Waals surface area contributed by atoms with E-state index in [4.69, 9.17) is 9.72 Å². The number of nitrogens with one attached hydrogen (secondary N) is 2. The van der Waals surface area contributed by atoms with Gasteiger partial charge in [-0.05, 0) is 49.5 Å². The summed E-state index contributed by atoms with van der Waals surface area (Å²) in [7, 11) is 6.27. The van der Waals surface area contributed by atoms with Gasteiger partial charge >= 0.3 is 6.09 Å². The van der Waals surface area contributed by atoms with E-state index < -0.39 is 23.7 Å². The molecule has 3 heterocycles. The molecule has 1 aromatic heterocycles. The fraction of sp³-hybridized carbons (Fsp3) is 0.429. The molecule has 0 unspecified atom stereocenters. The van der Waals surface area contributed by atoms with Gasteiger partial charge in [-0.3, -0.25) is 14.4 Å². The van der Waals surface area contributed by atoms with E-state index in [1.807, 2.05) is 6.07 Å². The fourth-order valence-electron chi connectivity index (χ4n) is 3.85. The lowest BCUT2D eigenvalue weighted by Crippen LogP contribution is -2.37. The topological polar surface area (TPSA) is 143 Å². The van der Waals surface area contributed by atoms with Gasteiger partial charge in [0.05, 0.1) is 30.0 Å². The molecule has 1 atom stereocenters. The number of fused-ring (bicyclic) bond motifs is 1. The van der Waals surface area contributed by atoms with Crippen molar-refractivity contribution in [2.24, 2.45) is 5.92 Å². The highest BCUT2D eigenvalue weighted by atomic mass is 16.6. The third-order valence-corrected chi connectivity index (χ3v) is 5.94. The van der Waals surface area contributed by atoms with Crippen LogP contribution < -0.4 is 10.9 Å². The molecule has 3 rings (SSSR count). The second kappa shape index (κ2) is 13.5. The summed E-state index contributed by atoms with van der Waals surface area (Å²) in [6.07, 6.45) is 5.59. The Morgan fingerprint density at radius 2 is 1.93 bits per heavy atom. The van der Waals surface area contributed by atoms with E-state index in [2.05, 4.69) is 29.1 Å². The highest BCUT2D eigenvalue weighted by Gasteiger charge is 2.24. The number of nitrogens with zero attached hydrogens (tertiary/aromatic N) is 5. The molecule has 12 heteroatoms. The van der Waals surface area contributed by atoms with Gasteiger partial charge < -0.3 is 29.4 Å². The lowest BCUT2D eigenvalue weighted by molar-refractivity contribution is -0.125. The molecule has 0 aromatic carbocycles. The summed E-state index contributed by atoms with van der Waals surface area (Å²) >= 11 is 0. The summed E-state index contributed by atoms with van der Waals surface area (Å²) in [5.41, 5.74) is 2.79. The van der Waals surface area contributed by atoms with Crippen molar-refractivity contribution in [1.82, 2.24) is 29.3 Å². The van der Waals surface area contributed by atoms with Crippen LogP contribution in [0.15, 0.2) is 47.7 Å². The zero-order valence-electron chi connectivity index (χ0n) is 23.8. The van der Waals surface area contributed by atoms with Gasteiger partial charge in [-0.1, -0.05) is 19.9 Å². The van der Waals surface area contributed by atoms with Gasteiger partial charge in [-0.2, -0.15) is 0 Å². The van der Waals surface area contributed by atoms with Crippen LogP contribution in [0.3, 0.4) is 0 Å². The number of allylic oxidation sites excluding steroid dienone is 1. The highest BCUT2D eigenvalue weighted by Crippen LogP contribution is 2.24. The molecule has 0 spiro atoms. The van der Waals surface area contributed by atoms with Crippen LogP contribution in [-0.2, 0) is 27.3 Å². The number of aromatic nitrogens is 4. The number of anilines is 1. The number of ether oxygens (including phenoxy) is 1. The van der Waals surface area contributed by atoms with Crippen molar-refractivity contribution in [3.05, 3.63) is 64.6 Å². The van der Waals surface area contributed by atoms with Crippen LogP contribution in [0, 0.1) is 5.92 Å². The molecule has 2 aliphatic heterocycles. The standard InChI is InChI=1S/C28H37N7O5/c1-18(2)14-21-25-22(30-17-29-21)15-19(31-25)16-35-13-9-10-20(27(35)38)32-26(37)23(40-28(39)34(5)6)11-7-8-12-24(36)33(3)4/h8-10,12-13,15,17-18,23H,7,11,14,16H2,1-6H3,(H,29,30)(H,32,37)/b12-8+/t23-/m0/s1. The quantitative estimate of drug-likeness (QED) is 0.349. The SMILES string of the molecule is CC(C)Cc1nc[nH]c2cc(Cn3cccc(NC(=O)[C@H](CC/C=C/C(=O)N(C)C)OC(=O)N(C)C)c3=O)nc1-2. The summed E-state index contributed by atoms with van der Waals surface area (Å²) in [6.45, 7) is 4.42. The van der Waals surface area contributed by atoms with Gasteiger partial charge in [-0.25, -0.2) is 14.8 Å². The monoisotopic (exact) mass is 551 g/mol. The lowest BCUT2D eigenvalue weighted by atomic mass is 10.1. The van der Waals surface area contributed by atoms with Gasteiger partial charge in [0.1, 0.15) is 11.4 Å². The Kier molecular flexibility index (Phi) is 10.2. The summed E-state index contributed by atoms with van der Waals surface area (Å²) in [6, 6.07) is 5.02. The Morgan fingerprint density at radius 1 is 1.18 bits per heavy atom. The first-order valence-corrected chi connectivity index (χ1v) is 13.0. The molecule has 0 saturated heterocycles. The third kappa shape index (κ3) is 8.01. The molecule has 1 aromatic rings. The van der Waals surface area contributed by atoms with Crippen LogP contribution in [0.2, 0.25) is 0 Å². The number of carbonyl (C=O) groups is 3. The Bertz CT molecular complexity index is 1390. The van der Waals surface area contributed by atoms with Crippen LogP contribution in [0.5, 0.6) is 0 Å². The van der Waals surface area contributed by atoms with Crippen molar-refractivity contribution in [3.63, 3.8) is 0 Å². The maximum Gasteiger partial charge on any atom is 0.410 e. The first kappa shape index (κ1) is 30.1. The summed E-state index contributed by atoms with van der Waals surface area (Å²) < 4.78 is 6.80. The Labute approximate surface area is 233 Å². The number of H-pyrrole nitrogens is 1. The van der Waals surface area contributed by atoms with Crippen LogP contribution in [0.25, 0.3) is 11.4 Å². The van der Waals surface area contributed by atoms with Gasteiger partial charge in [-0.15, -0.1) is 0 Å². The summed E-state index contributed by atoms with van der Waals surface area (Å²) in [4.78, 5) is 65.1. The molecular weight excluding hydrogens is 514 g/mol. The van der Waals surface area contributed by atoms with Crippen molar-refractivity contribution in [2.45, 2.75) is 45.8 Å². The maximum absolute atomic E-state index is 13.2. The van der Waals surface area contributed by atoms with Crippen molar-refractivity contribution in [3.8, 4) is 11.4 Å². The number of pyridine rings is 1. The Hall–Kier alpha value is -4.48. The number of likely N-dealkylation sites (N-methyl/N-ethyl adjacent to an activating group) is 1. The molecule has 2 N–H and O–H groups in total. The second-order valence-corrected chi connectivity index (χ2v) is 10.3. The number of aromatic amines is 1. The first-order chi connectivity index (χ1) is 19.0. The van der Waals surface area contributed by atoms with E-state index in [9.17, 15) is 19.2 Å². The molecule has 0 aliphatic carbocycles. The lowest BCUT2D eigenvalue weighted by Gasteiger charge is -2.19. The highest BCUT2D eigenvalue weighted by molar-refractivity contribution is 5.95. The molecule has 0 fully saturated rings. The normalized spacial score (nSPS) is 12.1. The number of hydrogen-bond donors (Lipinski definition) is 2. The van der Waals surface area contributed by atoms with Gasteiger partial charge in [0.15, 0.2) is 6.10 Å². The molecule has 0 saturated carbocycles. The van der Waals surface area contributed by atoms with Crippen molar-refractivity contribution in [2.75, 3.05) is 33.5 Å². The number of amides is 3. The average molecular weight is 552 g/mol. The van der Waals surface area contributed by atoms with Crippen molar-refractivity contribution in [1.29, 1.82) is 0 Å². The van der Waals surface area contributed by atoms with Crippen LogP contribution in [0.4, 0.5) is 10.5 Å². The molecule has 12 nitrogen and oxygen atoms in total. The van der Waals surface area contributed by atoms with Crippen LogP contribution in [0.1, 0.15) is 38.1 Å². The van der Waals surface area contributed by atoms with E-state index in [1.165, 1.54) is 40.6 Å². The number of carbonyl (C=O) groups excluding carboxylic acids is 3. The molecular formula is C28H37N7O5. The second-order valence-electron chi connectivity index (χ2n) is 10.3. The molecule has 0 radical (unpaired) electrons. The zero-order chi connectivity index (χ0) is 29.4. The molecule has 2 aliphatic rings. The first-order valence-electron chi connectivity index (χ1n) is 13.0. The van der Waals surface area contributed by atoms with Crippen molar-refractivity contribution >= 4 is 23.6 Å². The smallest absolute Gasteiger partial charge is 0.410 e. The van der Waals surface area contributed by atoms with Gasteiger partial charge in [0, 0.05) is 34.4 Å².